The second kappa shape index (κ2) is 9.51. The Kier molecular flexibility index (Phi) is 12.0. The van der Waals surface area contributed by atoms with E-state index in [1.165, 1.54) is 6.42 Å². The summed E-state index contributed by atoms with van der Waals surface area (Å²) in [7, 11) is 0. The van der Waals surface area contributed by atoms with E-state index in [9.17, 15) is 0 Å². The molecule has 14 heavy (non-hydrogen) atoms. The summed E-state index contributed by atoms with van der Waals surface area (Å²) in [5.41, 5.74) is 3.11. The van der Waals surface area contributed by atoms with Crippen LogP contribution in [0.15, 0.2) is 47.6 Å². The third kappa shape index (κ3) is 5.39. The maximum Gasteiger partial charge on any atom is 0 e. The molecule has 0 aromatic heterocycles. The van der Waals surface area contributed by atoms with Crippen LogP contribution in [-0.2, 0) is 25.8 Å². The van der Waals surface area contributed by atoms with Crippen LogP contribution in [0.2, 0.25) is 0 Å². The van der Waals surface area contributed by atoms with Crippen LogP contribution in [0.5, 0.6) is 0 Å². The largest absolute Gasteiger partial charge is 1.00 e. The minimum Gasteiger partial charge on any atom is -1.00 e. The molecule has 0 unspecified atom stereocenters. The molecule has 0 atom stereocenters. The summed E-state index contributed by atoms with van der Waals surface area (Å²) in [5, 5.41) is 0. The monoisotopic (exact) mass is 578 g/mol. The molecule has 0 saturated heterocycles. The first kappa shape index (κ1) is 17.7. The molecule has 0 aliphatic heterocycles. The molecule has 0 heterocycles. The van der Waals surface area contributed by atoms with Gasteiger partial charge in [-0.25, -0.2) is 0 Å². The fourth-order valence-corrected chi connectivity index (χ4v) is 1.54. The Bertz CT molecular complexity index is 247. The van der Waals surface area contributed by atoms with Gasteiger partial charge in [0, 0.05) is 25.8 Å². The van der Waals surface area contributed by atoms with Gasteiger partial charge < -0.3 is 48.0 Å². The second-order valence-corrected chi connectivity index (χ2v) is 3.09. The van der Waals surface area contributed by atoms with Gasteiger partial charge >= 0.3 is 0 Å². The summed E-state index contributed by atoms with van der Waals surface area (Å²) in [6.07, 6.45) is 16.7. The Balaban J connectivity index is 0. The summed E-state index contributed by atoms with van der Waals surface area (Å²) in [6, 6.07) is 0. The van der Waals surface area contributed by atoms with Gasteiger partial charge in [0.05, 0.1) is 0 Å². The van der Waals surface area contributed by atoms with Gasteiger partial charge in [0.1, 0.15) is 0 Å². The minimum atomic E-state index is 0. The van der Waals surface area contributed by atoms with Gasteiger partial charge in [-0.1, -0.05) is 47.6 Å². The molecule has 0 aromatic carbocycles. The van der Waals surface area contributed by atoms with Crippen LogP contribution in [0.3, 0.4) is 0 Å². The van der Waals surface area contributed by atoms with Crippen LogP contribution >= 0.6 is 0 Å². The van der Waals surface area contributed by atoms with Crippen molar-refractivity contribution in [3.63, 3.8) is 0 Å². The normalized spacial score (nSPS) is 16.3. The average molecular weight is 577 g/mol. The zero-order chi connectivity index (χ0) is 7.52. The molecule has 2 aliphatic carbocycles. The maximum atomic E-state index is 2.24. The first-order valence-corrected chi connectivity index (χ1v) is 4.14. The van der Waals surface area contributed by atoms with Crippen molar-refractivity contribution in [3.05, 3.63) is 47.6 Å². The van der Waals surface area contributed by atoms with Gasteiger partial charge in [0.15, 0.2) is 0 Å². The van der Waals surface area contributed by atoms with Crippen molar-refractivity contribution >= 4 is 0 Å². The van der Waals surface area contributed by atoms with E-state index < -0.39 is 0 Å². The summed E-state index contributed by atoms with van der Waals surface area (Å²) in [4.78, 5) is 0. The molecule has 0 nitrogen and oxygen atoms in total. The molecule has 0 spiro atoms. The van der Waals surface area contributed by atoms with Crippen LogP contribution in [0, 0.1) is 0 Å². The van der Waals surface area contributed by atoms with Gasteiger partial charge in [-0.05, 0) is 19.3 Å². The number of hydrogen-bond acceptors (Lipinski definition) is 0. The Hall–Kier alpha value is 1.29. The molecular weight excluding hydrogens is 564 g/mol. The van der Waals surface area contributed by atoms with E-state index in [4.69, 9.17) is 0 Å². The minimum absolute atomic E-state index is 0. The standard InChI is InChI=1S/C11H12.Hf.2HI/c1-2-6-10(5-1)9-11-7-3-4-8-11;;;/h1-5,7H,6,8-9H2;;2*1H/p-2. The molecule has 0 amide bonds. The SMILES string of the molecule is C1=CCC(CC2=CC=CC2)=C1.[Hf].[I-].[I-]. The van der Waals surface area contributed by atoms with Crippen molar-refractivity contribution in [2.45, 2.75) is 19.3 Å². The van der Waals surface area contributed by atoms with Crippen molar-refractivity contribution in [1.82, 2.24) is 0 Å². The van der Waals surface area contributed by atoms with Crippen molar-refractivity contribution < 1.29 is 73.8 Å². The second-order valence-electron chi connectivity index (χ2n) is 3.09. The fourth-order valence-electron chi connectivity index (χ4n) is 1.54. The molecule has 0 bridgehead atoms. The zero-order valence-electron chi connectivity index (χ0n) is 7.84. The maximum absolute atomic E-state index is 2.24. The molecule has 3 heteroatoms. The van der Waals surface area contributed by atoms with Crippen molar-refractivity contribution in [1.29, 1.82) is 0 Å². The van der Waals surface area contributed by atoms with Crippen molar-refractivity contribution in [3.8, 4) is 0 Å². The third-order valence-electron chi connectivity index (χ3n) is 2.15. The molecule has 0 N–H and O–H groups in total. The smallest absolute Gasteiger partial charge is 0 e. The topological polar surface area (TPSA) is 0 Å². The molecule has 76 valence electrons. The van der Waals surface area contributed by atoms with E-state index in [1.54, 1.807) is 11.1 Å². The van der Waals surface area contributed by atoms with Gasteiger partial charge in [0.25, 0.3) is 0 Å². The Labute approximate surface area is 139 Å². The average Bonchev–Trinajstić information content (AvgIpc) is 2.60. The van der Waals surface area contributed by atoms with Crippen LogP contribution in [-0.4, -0.2) is 0 Å². The number of hydrogen-bond donors (Lipinski definition) is 0. The molecular formula is C11H12HfI2-2. The molecule has 0 radical (unpaired) electrons. The van der Waals surface area contributed by atoms with Crippen LogP contribution in [0.4, 0.5) is 0 Å². The predicted molar refractivity (Wildman–Crippen MR) is 48.3 cm³/mol. The fraction of sp³-hybridized carbons (Fsp3) is 0.273. The van der Waals surface area contributed by atoms with Gasteiger partial charge in [-0.2, -0.15) is 0 Å². The first-order chi connectivity index (χ1) is 5.45. The molecule has 0 fully saturated rings. The number of halogens is 2. The van der Waals surface area contributed by atoms with E-state index in [2.05, 4.69) is 36.5 Å². The van der Waals surface area contributed by atoms with Gasteiger partial charge in [-0.3, -0.25) is 0 Å². The van der Waals surface area contributed by atoms with E-state index in [0.29, 0.717) is 0 Å². The number of allylic oxidation sites excluding steroid dienone is 8. The van der Waals surface area contributed by atoms with Crippen molar-refractivity contribution in [2.24, 2.45) is 0 Å². The molecule has 2 rings (SSSR count). The Morgan fingerprint density at radius 2 is 1.29 bits per heavy atom. The Morgan fingerprint density at radius 3 is 1.57 bits per heavy atom. The van der Waals surface area contributed by atoms with Gasteiger partial charge in [-0.15, -0.1) is 0 Å². The van der Waals surface area contributed by atoms with E-state index in [1.807, 2.05) is 0 Å². The van der Waals surface area contributed by atoms with E-state index in [0.717, 1.165) is 12.8 Å². The number of rotatable bonds is 2. The third-order valence-corrected chi connectivity index (χ3v) is 2.15. The van der Waals surface area contributed by atoms with Gasteiger partial charge in [0.2, 0.25) is 0 Å². The van der Waals surface area contributed by atoms with Crippen LogP contribution in [0.25, 0.3) is 0 Å². The summed E-state index contributed by atoms with van der Waals surface area (Å²) in [6.45, 7) is 0. The first-order valence-electron chi connectivity index (χ1n) is 4.14. The molecule has 2 aliphatic rings. The Morgan fingerprint density at radius 1 is 0.857 bits per heavy atom. The predicted octanol–water partition coefficient (Wildman–Crippen LogP) is -2.85. The van der Waals surface area contributed by atoms with Crippen molar-refractivity contribution in [2.75, 3.05) is 0 Å². The summed E-state index contributed by atoms with van der Waals surface area (Å²) in [5.74, 6) is 0. The van der Waals surface area contributed by atoms with E-state index in [-0.39, 0.29) is 73.8 Å². The quantitative estimate of drug-likeness (QED) is 0.246. The van der Waals surface area contributed by atoms with Crippen LogP contribution in [0.1, 0.15) is 19.3 Å². The summed E-state index contributed by atoms with van der Waals surface area (Å²) >= 11 is 0. The van der Waals surface area contributed by atoms with E-state index >= 15 is 0 Å². The summed E-state index contributed by atoms with van der Waals surface area (Å²) < 4.78 is 0. The van der Waals surface area contributed by atoms with Crippen LogP contribution < -0.4 is 48.0 Å². The molecule has 0 aromatic rings. The zero-order valence-corrected chi connectivity index (χ0v) is 15.7. The molecule has 0 saturated carbocycles.